The third-order valence-corrected chi connectivity index (χ3v) is 5.34. The Hall–Kier alpha value is -0.140. The Labute approximate surface area is 167 Å². The molecule has 0 saturated heterocycles. The molecule has 23 heavy (non-hydrogen) atoms. The fourth-order valence-electron chi connectivity index (χ4n) is 4.30. The summed E-state index contributed by atoms with van der Waals surface area (Å²) >= 11 is 0. The van der Waals surface area contributed by atoms with Crippen molar-refractivity contribution in [3.05, 3.63) is 66.2 Å². The number of allylic oxidation sites excluding steroid dienone is 8. The molecule has 0 aromatic rings. The number of rotatable bonds is 2. The van der Waals surface area contributed by atoms with Crippen LogP contribution in [-0.2, 0) is 25.8 Å². The number of hydrogen-bond acceptors (Lipinski definition) is 0. The average molecular weight is 493 g/mol. The van der Waals surface area contributed by atoms with Crippen LogP contribution in [0.5, 0.6) is 0 Å². The van der Waals surface area contributed by atoms with Crippen LogP contribution in [-0.4, -0.2) is 0 Å². The molecule has 0 radical (unpaired) electrons. The zero-order valence-electron chi connectivity index (χ0n) is 14.0. The smallest absolute Gasteiger partial charge is 0 e. The van der Waals surface area contributed by atoms with Crippen LogP contribution < -0.4 is 12.4 Å². The van der Waals surface area contributed by atoms with Gasteiger partial charge in [0, 0.05) is 25.8 Å². The van der Waals surface area contributed by atoms with Gasteiger partial charge in [0.15, 0.2) is 0 Å². The van der Waals surface area contributed by atoms with Gasteiger partial charge in [0.05, 0.1) is 0 Å². The molecular weight excluding hydrogens is 466 g/mol. The van der Waals surface area contributed by atoms with Crippen molar-refractivity contribution >= 4 is 0 Å². The third-order valence-electron chi connectivity index (χ3n) is 5.34. The van der Waals surface area contributed by atoms with Crippen LogP contribution >= 0.6 is 0 Å². The summed E-state index contributed by atoms with van der Waals surface area (Å²) in [7, 11) is 0. The third kappa shape index (κ3) is 4.48. The standard InChI is InChI=1S/C19H23.C2H4.ClH.Hf/c1-3-7-18-14(5-1)9-11-16(18)13-17-12-10-15-6-2-4-8-19(15)17;1-2;;/h9-13,16-17H,1-8H2;1-2H2;1H;/q-1;;;/p-1. The van der Waals surface area contributed by atoms with E-state index in [1.54, 1.807) is 22.3 Å². The topological polar surface area (TPSA) is 0 Å². The molecule has 0 N–H and O–H groups in total. The van der Waals surface area contributed by atoms with Crippen LogP contribution in [0.4, 0.5) is 0 Å². The molecule has 0 aliphatic heterocycles. The van der Waals surface area contributed by atoms with Gasteiger partial charge in [-0.2, -0.15) is 0 Å². The van der Waals surface area contributed by atoms with Crippen molar-refractivity contribution < 1.29 is 38.3 Å². The summed E-state index contributed by atoms with van der Waals surface area (Å²) in [6, 6.07) is 0. The Morgan fingerprint density at radius 2 is 1.13 bits per heavy atom. The fourth-order valence-corrected chi connectivity index (χ4v) is 4.30. The van der Waals surface area contributed by atoms with Crippen LogP contribution in [0.15, 0.2) is 59.8 Å². The van der Waals surface area contributed by atoms with Gasteiger partial charge >= 0.3 is 0 Å². The summed E-state index contributed by atoms with van der Waals surface area (Å²) in [5.41, 5.74) is 6.80. The molecular formula is C21H27ClHf-2. The largest absolute Gasteiger partial charge is 1.00 e. The monoisotopic (exact) mass is 494 g/mol. The molecule has 0 spiro atoms. The molecule has 4 aliphatic rings. The first-order valence-electron chi connectivity index (χ1n) is 8.57. The zero-order chi connectivity index (χ0) is 14.7. The Kier molecular flexibility index (Phi) is 9.08. The summed E-state index contributed by atoms with van der Waals surface area (Å²) in [6.45, 7) is 6.00. The van der Waals surface area contributed by atoms with Crippen molar-refractivity contribution in [3.63, 3.8) is 0 Å². The maximum Gasteiger partial charge on any atom is 0 e. The van der Waals surface area contributed by atoms with Gasteiger partial charge < -0.3 is 18.8 Å². The van der Waals surface area contributed by atoms with Crippen molar-refractivity contribution in [2.24, 2.45) is 11.8 Å². The Bertz CT molecular complexity index is 478. The molecule has 0 nitrogen and oxygen atoms in total. The zero-order valence-corrected chi connectivity index (χ0v) is 18.3. The minimum atomic E-state index is 0. The van der Waals surface area contributed by atoms with Gasteiger partial charge in [-0.15, -0.1) is 37.1 Å². The van der Waals surface area contributed by atoms with Crippen LogP contribution in [0, 0.1) is 18.3 Å². The molecule has 4 rings (SSSR count). The summed E-state index contributed by atoms with van der Waals surface area (Å²) in [5.74, 6) is 1.28. The minimum Gasteiger partial charge on any atom is -1.00 e. The first-order chi connectivity index (χ1) is 10.4. The van der Waals surface area contributed by atoms with E-state index >= 15 is 0 Å². The van der Waals surface area contributed by atoms with E-state index in [-0.39, 0.29) is 38.3 Å². The van der Waals surface area contributed by atoms with Crippen LogP contribution in [0.1, 0.15) is 51.4 Å². The summed E-state index contributed by atoms with van der Waals surface area (Å²) < 4.78 is 0. The fraction of sp³-hybridized carbons (Fsp3) is 0.476. The van der Waals surface area contributed by atoms with E-state index in [1.165, 1.54) is 51.4 Å². The minimum absolute atomic E-state index is 0. The van der Waals surface area contributed by atoms with E-state index in [1.807, 2.05) is 0 Å². The van der Waals surface area contributed by atoms with E-state index < -0.39 is 0 Å². The summed E-state index contributed by atoms with van der Waals surface area (Å²) in [6.07, 6.45) is 23.3. The molecule has 0 heterocycles. The molecule has 0 amide bonds. The van der Waals surface area contributed by atoms with Crippen molar-refractivity contribution in [1.29, 1.82) is 0 Å². The van der Waals surface area contributed by atoms with Gasteiger partial charge in [-0.05, 0) is 51.4 Å². The van der Waals surface area contributed by atoms with E-state index in [0.29, 0.717) is 11.8 Å². The maximum absolute atomic E-state index is 3.00. The second-order valence-corrected chi connectivity index (χ2v) is 6.48. The SMILES string of the molecule is C1=CC([CH-]C2C=CC3=C2CCCC3)C2=C1CCCC2.C=C.[Cl-].[Hf]. The molecule has 0 bridgehead atoms. The molecule has 2 atom stereocenters. The van der Waals surface area contributed by atoms with E-state index in [2.05, 4.69) is 43.9 Å². The Balaban J connectivity index is 0.000000638. The molecule has 0 fully saturated rings. The van der Waals surface area contributed by atoms with Crippen LogP contribution in [0.2, 0.25) is 0 Å². The maximum atomic E-state index is 3.00. The van der Waals surface area contributed by atoms with Crippen molar-refractivity contribution in [3.8, 4) is 0 Å². The van der Waals surface area contributed by atoms with Gasteiger partial charge in [0.2, 0.25) is 0 Å². The predicted molar refractivity (Wildman–Crippen MR) is 91.8 cm³/mol. The van der Waals surface area contributed by atoms with E-state index in [4.69, 9.17) is 0 Å². The van der Waals surface area contributed by atoms with E-state index in [0.717, 1.165) is 0 Å². The van der Waals surface area contributed by atoms with E-state index in [9.17, 15) is 0 Å². The molecule has 0 saturated carbocycles. The second kappa shape index (κ2) is 9.99. The van der Waals surface area contributed by atoms with Gasteiger partial charge in [0.25, 0.3) is 0 Å². The average Bonchev–Trinajstić information content (AvgIpc) is 3.15. The van der Waals surface area contributed by atoms with Crippen LogP contribution in [0.25, 0.3) is 0 Å². The molecule has 0 aromatic heterocycles. The second-order valence-electron chi connectivity index (χ2n) is 6.48. The summed E-state index contributed by atoms with van der Waals surface area (Å²) in [5, 5.41) is 0. The molecule has 2 heteroatoms. The first-order valence-corrected chi connectivity index (χ1v) is 8.57. The molecule has 124 valence electrons. The number of halogens is 1. The van der Waals surface area contributed by atoms with Gasteiger partial charge in [-0.3, -0.25) is 0 Å². The van der Waals surface area contributed by atoms with Crippen molar-refractivity contribution in [2.45, 2.75) is 51.4 Å². The first kappa shape index (κ1) is 20.9. The quantitative estimate of drug-likeness (QED) is 0.315. The summed E-state index contributed by atoms with van der Waals surface area (Å²) in [4.78, 5) is 0. The van der Waals surface area contributed by atoms with Crippen molar-refractivity contribution in [1.82, 2.24) is 0 Å². The predicted octanol–water partition coefficient (Wildman–Crippen LogP) is 3.11. The Morgan fingerprint density at radius 1 is 0.739 bits per heavy atom. The molecule has 4 aliphatic carbocycles. The normalized spacial score (nSPS) is 27.5. The van der Waals surface area contributed by atoms with Crippen molar-refractivity contribution in [2.75, 3.05) is 0 Å². The molecule has 2 unspecified atom stereocenters. The Morgan fingerprint density at radius 3 is 1.57 bits per heavy atom. The van der Waals surface area contributed by atoms with Crippen LogP contribution in [0.3, 0.4) is 0 Å². The molecule has 0 aromatic carbocycles. The van der Waals surface area contributed by atoms with Gasteiger partial charge in [0.1, 0.15) is 0 Å². The van der Waals surface area contributed by atoms with Gasteiger partial charge in [-0.25, -0.2) is 0 Å². The number of hydrogen-bond donors (Lipinski definition) is 0. The van der Waals surface area contributed by atoms with Gasteiger partial charge in [-0.1, -0.05) is 34.4 Å².